The van der Waals surface area contributed by atoms with Crippen LogP contribution in [0.4, 0.5) is 0 Å². The second kappa shape index (κ2) is 6.90. The number of nitrogens with one attached hydrogen (secondary N) is 1. The summed E-state index contributed by atoms with van der Waals surface area (Å²) in [6, 6.07) is 0.675. The van der Waals surface area contributed by atoms with Crippen molar-refractivity contribution in [3.05, 3.63) is 23.5 Å². The first-order chi connectivity index (χ1) is 8.83. The van der Waals surface area contributed by atoms with Crippen LogP contribution in [0, 0.1) is 0 Å². The summed E-state index contributed by atoms with van der Waals surface area (Å²) in [5.74, 6) is 0. The van der Waals surface area contributed by atoms with E-state index in [2.05, 4.69) is 46.3 Å². The Kier molecular flexibility index (Phi) is 5.20. The van der Waals surface area contributed by atoms with Gasteiger partial charge in [0, 0.05) is 23.8 Å². The minimum Gasteiger partial charge on any atom is -0.314 e. The minimum absolute atomic E-state index is 0.675. The average Bonchev–Trinajstić information content (AvgIpc) is 2.94. The largest absolute Gasteiger partial charge is 0.314 e. The third-order valence-corrected chi connectivity index (χ3v) is 4.08. The number of aryl methyl sites for hydroxylation is 1. The van der Waals surface area contributed by atoms with Crippen molar-refractivity contribution in [3.63, 3.8) is 0 Å². The molecule has 0 aliphatic carbocycles. The predicted octanol–water partition coefficient (Wildman–Crippen LogP) is 3.50. The lowest BCUT2D eigenvalue weighted by atomic mass is 10.1. The highest BCUT2D eigenvalue weighted by molar-refractivity contribution is 7.15. The van der Waals surface area contributed by atoms with Gasteiger partial charge in [0.2, 0.25) is 0 Å². The van der Waals surface area contributed by atoms with Crippen LogP contribution in [0.25, 0.3) is 4.96 Å². The molecule has 2 aromatic heterocycles. The highest BCUT2D eigenvalue weighted by Gasteiger charge is 2.06. The first kappa shape index (κ1) is 13.6. The van der Waals surface area contributed by atoms with Gasteiger partial charge in [-0.05, 0) is 38.6 Å². The molecular weight excluding hydrogens is 242 g/mol. The molecule has 0 saturated heterocycles. The summed E-state index contributed by atoms with van der Waals surface area (Å²) in [6.07, 6.45) is 10.2. The van der Waals surface area contributed by atoms with Gasteiger partial charge in [-0.1, -0.05) is 13.8 Å². The van der Waals surface area contributed by atoms with E-state index in [4.69, 9.17) is 0 Å². The van der Waals surface area contributed by atoms with E-state index in [1.165, 1.54) is 31.4 Å². The Morgan fingerprint density at radius 2 is 2.33 bits per heavy atom. The van der Waals surface area contributed by atoms with Gasteiger partial charge in [-0.15, -0.1) is 11.3 Å². The number of nitrogens with zero attached hydrogens (tertiary/aromatic N) is 2. The molecule has 0 aliphatic rings. The van der Waals surface area contributed by atoms with E-state index in [1.807, 2.05) is 0 Å². The Hall–Kier alpha value is -0.870. The number of imidazole rings is 1. The highest BCUT2D eigenvalue weighted by Crippen LogP contribution is 2.13. The topological polar surface area (TPSA) is 29.3 Å². The molecule has 1 N–H and O–H groups in total. The molecule has 0 radical (unpaired) electrons. The maximum absolute atomic E-state index is 4.62. The Morgan fingerprint density at radius 3 is 3.06 bits per heavy atom. The number of rotatable bonds is 8. The van der Waals surface area contributed by atoms with Gasteiger partial charge >= 0.3 is 0 Å². The third-order valence-electron chi connectivity index (χ3n) is 3.30. The molecule has 0 bridgehead atoms. The van der Waals surface area contributed by atoms with Crippen LogP contribution in [-0.4, -0.2) is 22.0 Å². The quantitative estimate of drug-likeness (QED) is 0.791. The normalized spacial score (nSPS) is 13.2. The van der Waals surface area contributed by atoms with Crippen molar-refractivity contribution < 1.29 is 0 Å². The molecule has 0 saturated carbocycles. The van der Waals surface area contributed by atoms with Crippen molar-refractivity contribution in [1.29, 1.82) is 0 Å². The van der Waals surface area contributed by atoms with E-state index in [9.17, 15) is 0 Å². The Labute approximate surface area is 113 Å². The van der Waals surface area contributed by atoms with Gasteiger partial charge in [-0.25, -0.2) is 4.98 Å². The molecule has 3 nitrogen and oxygen atoms in total. The molecule has 4 heteroatoms. The lowest BCUT2D eigenvalue weighted by Gasteiger charge is -2.15. The van der Waals surface area contributed by atoms with Crippen molar-refractivity contribution in [3.8, 4) is 0 Å². The molecule has 0 aromatic carbocycles. The zero-order valence-corrected chi connectivity index (χ0v) is 12.2. The van der Waals surface area contributed by atoms with E-state index in [1.54, 1.807) is 11.3 Å². The van der Waals surface area contributed by atoms with E-state index in [-0.39, 0.29) is 0 Å². The van der Waals surface area contributed by atoms with Crippen molar-refractivity contribution in [2.75, 3.05) is 6.54 Å². The summed E-state index contributed by atoms with van der Waals surface area (Å²) >= 11 is 1.70. The molecule has 0 spiro atoms. The number of hydrogen-bond donors (Lipinski definition) is 1. The van der Waals surface area contributed by atoms with Crippen LogP contribution >= 0.6 is 11.3 Å². The molecule has 0 fully saturated rings. The van der Waals surface area contributed by atoms with E-state index in [0.29, 0.717) is 6.04 Å². The maximum Gasteiger partial charge on any atom is 0.193 e. The van der Waals surface area contributed by atoms with Gasteiger partial charge in [0.05, 0.1) is 5.69 Å². The highest BCUT2D eigenvalue weighted by atomic mass is 32.1. The monoisotopic (exact) mass is 265 g/mol. The van der Waals surface area contributed by atoms with Gasteiger partial charge < -0.3 is 5.32 Å². The summed E-state index contributed by atoms with van der Waals surface area (Å²) in [5, 5.41) is 5.68. The SMILES string of the molecule is CCCNC(CC)CCCc1cn2ccsc2n1. The average molecular weight is 265 g/mol. The first-order valence-electron chi connectivity index (χ1n) is 6.98. The van der Waals surface area contributed by atoms with E-state index in [0.717, 1.165) is 17.9 Å². The smallest absolute Gasteiger partial charge is 0.193 e. The minimum atomic E-state index is 0.675. The Morgan fingerprint density at radius 1 is 1.44 bits per heavy atom. The van der Waals surface area contributed by atoms with Crippen molar-refractivity contribution in [2.45, 2.75) is 52.0 Å². The second-order valence-electron chi connectivity index (χ2n) is 4.78. The third kappa shape index (κ3) is 3.56. The first-order valence-corrected chi connectivity index (χ1v) is 7.86. The molecule has 2 heterocycles. The molecular formula is C14H23N3S. The van der Waals surface area contributed by atoms with E-state index < -0.39 is 0 Å². The zero-order valence-electron chi connectivity index (χ0n) is 11.4. The van der Waals surface area contributed by atoms with Crippen molar-refractivity contribution >= 4 is 16.3 Å². The van der Waals surface area contributed by atoms with Crippen molar-refractivity contribution in [2.24, 2.45) is 0 Å². The summed E-state index contributed by atoms with van der Waals surface area (Å²) in [6.45, 7) is 5.62. The summed E-state index contributed by atoms with van der Waals surface area (Å²) in [4.78, 5) is 5.73. The second-order valence-corrected chi connectivity index (χ2v) is 5.65. The number of hydrogen-bond acceptors (Lipinski definition) is 3. The van der Waals surface area contributed by atoms with Crippen molar-refractivity contribution in [1.82, 2.24) is 14.7 Å². The van der Waals surface area contributed by atoms with E-state index >= 15 is 0 Å². The van der Waals surface area contributed by atoms with Crippen LogP contribution in [0.3, 0.4) is 0 Å². The van der Waals surface area contributed by atoms with Crippen LogP contribution in [0.2, 0.25) is 0 Å². The summed E-state index contributed by atoms with van der Waals surface area (Å²) in [7, 11) is 0. The van der Waals surface area contributed by atoms with Gasteiger partial charge in [0.15, 0.2) is 4.96 Å². The molecule has 1 atom stereocenters. The molecule has 2 rings (SSSR count). The van der Waals surface area contributed by atoms with Gasteiger partial charge in [-0.3, -0.25) is 4.40 Å². The Balaban J connectivity index is 1.75. The number of thiazole rings is 1. The van der Waals surface area contributed by atoms with Gasteiger partial charge in [0.25, 0.3) is 0 Å². The predicted molar refractivity (Wildman–Crippen MR) is 78.4 cm³/mol. The molecule has 2 aromatic rings. The molecule has 18 heavy (non-hydrogen) atoms. The van der Waals surface area contributed by atoms with Crippen LogP contribution in [0.15, 0.2) is 17.8 Å². The van der Waals surface area contributed by atoms with Crippen LogP contribution in [-0.2, 0) is 6.42 Å². The zero-order chi connectivity index (χ0) is 12.8. The summed E-state index contributed by atoms with van der Waals surface area (Å²) in [5.41, 5.74) is 1.23. The molecule has 0 aliphatic heterocycles. The van der Waals surface area contributed by atoms with Crippen LogP contribution in [0.1, 0.15) is 45.2 Å². The van der Waals surface area contributed by atoms with Crippen LogP contribution in [0.5, 0.6) is 0 Å². The number of fused-ring (bicyclic) bond motifs is 1. The lowest BCUT2D eigenvalue weighted by Crippen LogP contribution is -2.29. The fourth-order valence-corrected chi connectivity index (χ4v) is 2.94. The number of aromatic nitrogens is 2. The van der Waals surface area contributed by atoms with Gasteiger partial charge in [0.1, 0.15) is 0 Å². The Bertz CT molecular complexity index is 432. The summed E-state index contributed by atoms with van der Waals surface area (Å²) < 4.78 is 2.12. The lowest BCUT2D eigenvalue weighted by molar-refractivity contribution is 0.455. The fraction of sp³-hybridized carbons (Fsp3) is 0.643. The fourth-order valence-electron chi connectivity index (χ4n) is 2.23. The standard InChI is InChI=1S/C14H23N3S/c1-3-8-15-12(4-2)6-5-7-13-11-17-9-10-18-14(17)16-13/h9-12,15H,3-8H2,1-2H3. The molecule has 0 amide bonds. The maximum atomic E-state index is 4.62. The molecule has 1 unspecified atom stereocenters. The molecule has 100 valence electrons. The van der Waals surface area contributed by atoms with Crippen LogP contribution < -0.4 is 5.32 Å². The van der Waals surface area contributed by atoms with Gasteiger partial charge in [-0.2, -0.15) is 0 Å².